The van der Waals surface area contributed by atoms with Crippen molar-refractivity contribution in [3.05, 3.63) is 71.8 Å². The first-order valence-corrected chi connectivity index (χ1v) is 13.1. The lowest BCUT2D eigenvalue weighted by molar-refractivity contribution is 0.0405. The van der Waals surface area contributed by atoms with Crippen molar-refractivity contribution in [2.45, 2.75) is 24.0 Å². The van der Waals surface area contributed by atoms with Gasteiger partial charge in [-0.05, 0) is 49.2 Å². The molecule has 0 amide bonds. The number of phenolic OH excluding ortho intramolecular Hbond substituents is 1. The Kier molecular flexibility index (Phi) is 8.15. The van der Waals surface area contributed by atoms with Gasteiger partial charge >= 0.3 is 0 Å². The number of phenols is 1. The van der Waals surface area contributed by atoms with Crippen molar-refractivity contribution in [1.29, 1.82) is 5.26 Å². The highest BCUT2D eigenvalue weighted by atomic mass is 35.5. The second-order valence-corrected chi connectivity index (χ2v) is 10.2. The van der Waals surface area contributed by atoms with Crippen molar-refractivity contribution in [3.63, 3.8) is 0 Å². The predicted octanol–water partition coefficient (Wildman–Crippen LogP) is 4.77. The second-order valence-electron chi connectivity index (χ2n) is 7.93. The Morgan fingerprint density at radius 2 is 1.89 bits per heavy atom. The molecule has 1 fully saturated rings. The van der Waals surface area contributed by atoms with Gasteiger partial charge in [0.05, 0.1) is 10.7 Å². The van der Waals surface area contributed by atoms with Crippen molar-refractivity contribution in [3.8, 4) is 23.4 Å². The normalized spacial score (nSPS) is 16.2. The van der Waals surface area contributed by atoms with Gasteiger partial charge in [0.15, 0.2) is 17.7 Å². The number of halogens is 1. The number of sulfonamides is 1. The molecule has 0 aromatic heterocycles. The highest BCUT2D eigenvalue weighted by Crippen LogP contribution is 2.41. The molecule has 0 spiro atoms. The van der Waals surface area contributed by atoms with Gasteiger partial charge < -0.3 is 19.9 Å². The molecule has 10 nitrogen and oxygen atoms in total. The van der Waals surface area contributed by atoms with E-state index in [1.807, 2.05) is 18.2 Å². The van der Waals surface area contributed by atoms with Gasteiger partial charge in [-0.3, -0.25) is 5.32 Å². The fourth-order valence-corrected chi connectivity index (χ4v) is 6.09. The number of aromatic hydroxyl groups is 1. The predicted molar refractivity (Wildman–Crippen MR) is 139 cm³/mol. The summed E-state index contributed by atoms with van der Waals surface area (Å²) in [7, 11) is -2.78. The number of guanidine groups is 1. The maximum atomic E-state index is 13.4. The number of benzene rings is 3. The number of para-hydroxylation sites is 3. The molecule has 1 aliphatic rings. The summed E-state index contributed by atoms with van der Waals surface area (Å²) in [5.74, 6) is 0.319. The Morgan fingerprint density at radius 1 is 1.16 bits per heavy atom. The molecule has 12 heteroatoms. The summed E-state index contributed by atoms with van der Waals surface area (Å²) >= 11 is 6.23. The van der Waals surface area contributed by atoms with E-state index in [0.717, 1.165) is 4.31 Å². The van der Waals surface area contributed by atoms with E-state index < -0.39 is 26.9 Å². The number of methoxy groups -OCH3 is 1. The molecule has 0 saturated carbocycles. The number of nitrogens with one attached hydrogen (secondary N) is 2. The molecule has 192 valence electrons. The summed E-state index contributed by atoms with van der Waals surface area (Å²) < 4.78 is 39.1. The van der Waals surface area contributed by atoms with Crippen LogP contribution in [0.4, 0.5) is 11.4 Å². The molecule has 1 heterocycles. The summed E-state index contributed by atoms with van der Waals surface area (Å²) in [5, 5.41) is 25.4. The van der Waals surface area contributed by atoms with E-state index >= 15 is 0 Å². The van der Waals surface area contributed by atoms with Crippen LogP contribution in [0.15, 0.2) is 76.6 Å². The number of ether oxygens (including phenoxy) is 2. The van der Waals surface area contributed by atoms with Crippen LogP contribution in [-0.4, -0.2) is 43.7 Å². The zero-order chi connectivity index (χ0) is 26.4. The number of hydrogen-bond acceptors (Lipinski definition) is 7. The van der Waals surface area contributed by atoms with Gasteiger partial charge in [0.2, 0.25) is 5.96 Å². The first-order valence-electron chi connectivity index (χ1n) is 11.2. The number of rotatable bonds is 7. The Bertz CT molecular complexity index is 1440. The van der Waals surface area contributed by atoms with E-state index in [1.54, 1.807) is 42.6 Å². The van der Waals surface area contributed by atoms with Crippen LogP contribution in [-0.2, 0) is 14.8 Å². The van der Waals surface area contributed by atoms with Crippen LogP contribution in [0.25, 0.3) is 0 Å². The third kappa shape index (κ3) is 5.79. The molecule has 1 saturated heterocycles. The summed E-state index contributed by atoms with van der Waals surface area (Å²) in [4.78, 5) is 3.78. The maximum absolute atomic E-state index is 13.4. The lowest BCUT2D eigenvalue weighted by Gasteiger charge is -2.24. The molecule has 1 atom stereocenters. The second kappa shape index (κ2) is 11.5. The number of nitriles is 1. The van der Waals surface area contributed by atoms with E-state index in [0.29, 0.717) is 30.0 Å². The van der Waals surface area contributed by atoms with Crippen molar-refractivity contribution in [2.75, 3.05) is 19.0 Å². The average Bonchev–Trinajstić information content (AvgIpc) is 3.38. The minimum atomic E-state index is -4.20. The smallest absolute Gasteiger partial charge is 0.250 e. The van der Waals surface area contributed by atoms with Crippen LogP contribution in [0, 0.1) is 11.5 Å². The number of nitrogens with zero attached hydrogens (tertiary/aromatic N) is 3. The summed E-state index contributed by atoms with van der Waals surface area (Å²) in [5.41, 5.74) is 0.344. The van der Waals surface area contributed by atoms with Crippen LogP contribution in [0.1, 0.15) is 12.8 Å². The molecule has 0 aliphatic carbocycles. The molecule has 0 radical (unpaired) electrons. The van der Waals surface area contributed by atoms with Crippen molar-refractivity contribution in [1.82, 2.24) is 9.62 Å². The van der Waals surface area contributed by atoms with E-state index in [-0.39, 0.29) is 23.2 Å². The van der Waals surface area contributed by atoms with Crippen LogP contribution < -0.4 is 15.4 Å². The average molecular weight is 542 g/mol. The lowest BCUT2D eigenvalue weighted by Crippen LogP contribution is -2.36. The Morgan fingerprint density at radius 3 is 2.62 bits per heavy atom. The quantitative estimate of drug-likeness (QED) is 0.168. The summed E-state index contributed by atoms with van der Waals surface area (Å²) in [6.45, 7) is 0.227. The first-order chi connectivity index (χ1) is 17.8. The lowest BCUT2D eigenvalue weighted by atomic mass is 10.3. The van der Waals surface area contributed by atoms with E-state index in [1.165, 1.54) is 19.2 Å². The third-order valence-electron chi connectivity index (χ3n) is 5.57. The van der Waals surface area contributed by atoms with Crippen molar-refractivity contribution in [2.24, 2.45) is 4.99 Å². The topological polar surface area (TPSA) is 136 Å². The SMILES string of the molecule is COC1CCCN1S(=O)(=O)c1c(Cl)ccc(N=C(NC#N)Nc2ccccc2Oc2ccccc2)c1O. The highest BCUT2D eigenvalue weighted by Gasteiger charge is 2.38. The maximum Gasteiger partial charge on any atom is 0.250 e. The van der Waals surface area contributed by atoms with Crippen LogP contribution in [0.3, 0.4) is 0 Å². The standard InChI is InChI=1S/C25H24ClN5O5S/c1-35-22-12-7-15-31(22)37(33,34)24-18(26)13-14-20(23(24)32)30-25(28-16-27)29-19-10-5-6-11-21(19)36-17-8-3-2-4-9-17/h2-6,8-11,13-14,22,32H,7,12,15H2,1H3,(H2,28,29,30). The van der Waals surface area contributed by atoms with Crippen molar-refractivity contribution < 1.29 is 23.0 Å². The molecule has 37 heavy (non-hydrogen) atoms. The van der Waals surface area contributed by atoms with E-state index in [2.05, 4.69) is 15.6 Å². The minimum absolute atomic E-state index is 0.0801. The molecular formula is C25H24ClN5O5S. The van der Waals surface area contributed by atoms with Gasteiger partial charge in [0.1, 0.15) is 22.6 Å². The molecule has 3 aromatic rings. The van der Waals surface area contributed by atoms with Gasteiger partial charge in [0.25, 0.3) is 10.0 Å². The van der Waals surface area contributed by atoms with E-state index in [9.17, 15) is 18.8 Å². The summed E-state index contributed by atoms with van der Waals surface area (Å²) in [6.07, 6.45) is 2.25. The van der Waals surface area contributed by atoms with Gasteiger partial charge in [-0.25, -0.2) is 13.4 Å². The Labute approximate surface area is 219 Å². The zero-order valence-electron chi connectivity index (χ0n) is 19.8. The third-order valence-corrected chi connectivity index (χ3v) is 7.96. The fraction of sp³-hybridized carbons (Fsp3) is 0.200. The van der Waals surface area contributed by atoms with Gasteiger partial charge in [-0.15, -0.1) is 0 Å². The Balaban J connectivity index is 1.69. The number of anilines is 1. The van der Waals surface area contributed by atoms with Gasteiger partial charge in [0, 0.05) is 13.7 Å². The molecule has 3 aromatic carbocycles. The van der Waals surface area contributed by atoms with Gasteiger partial charge in [-0.2, -0.15) is 9.57 Å². The summed E-state index contributed by atoms with van der Waals surface area (Å²) in [6, 6.07) is 18.8. The molecule has 0 bridgehead atoms. The van der Waals surface area contributed by atoms with Crippen LogP contribution >= 0.6 is 11.6 Å². The first kappa shape index (κ1) is 26.2. The van der Waals surface area contributed by atoms with E-state index in [4.69, 9.17) is 21.1 Å². The Hall–Kier alpha value is -3.82. The van der Waals surface area contributed by atoms with Crippen molar-refractivity contribution >= 4 is 39.0 Å². The largest absolute Gasteiger partial charge is 0.504 e. The number of aliphatic imine (C=N–C) groups is 1. The molecule has 1 unspecified atom stereocenters. The number of hydrogen-bond donors (Lipinski definition) is 3. The fourth-order valence-electron chi connectivity index (χ4n) is 3.87. The molecule has 4 rings (SSSR count). The van der Waals surface area contributed by atoms with Crippen LogP contribution in [0.2, 0.25) is 5.02 Å². The molecule has 1 aliphatic heterocycles. The minimum Gasteiger partial charge on any atom is -0.504 e. The molecular weight excluding hydrogens is 518 g/mol. The zero-order valence-corrected chi connectivity index (χ0v) is 21.3. The van der Waals surface area contributed by atoms with Crippen LogP contribution in [0.5, 0.6) is 17.2 Å². The van der Waals surface area contributed by atoms with Gasteiger partial charge in [-0.1, -0.05) is 41.9 Å². The highest BCUT2D eigenvalue weighted by molar-refractivity contribution is 7.89. The monoisotopic (exact) mass is 541 g/mol. The molecule has 3 N–H and O–H groups in total.